The summed E-state index contributed by atoms with van der Waals surface area (Å²) < 4.78 is 22.1. The van der Waals surface area contributed by atoms with E-state index < -0.39 is 6.72 Å². The summed E-state index contributed by atoms with van der Waals surface area (Å²) in [4.78, 5) is 11.2. The second-order valence-corrected chi connectivity index (χ2v) is 14.7. The number of methoxy groups -OCH3 is 1. The molecule has 5 atom stereocenters. The molecule has 1 saturated heterocycles. The molecule has 6 nitrogen and oxygen atoms in total. The molecular weight excluding hydrogens is 560 g/mol. The highest BCUT2D eigenvalue weighted by Crippen LogP contribution is 2.48. The van der Waals surface area contributed by atoms with Gasteiger partial charge in [-0.15, -0.1) is 0 Å². The van der Waals surface area contributed by atoms with Gasteiger partial charge in [0, 0.05) is 32.7 Å². The molecular formula is C30H59BNO5PS2. The summed E-state index contributed by atoms with van der Waals surface area (Å²) in [7, 11) is 5.04. The van der Waals surface area contributed by atoms with E-state index in [9.17, 15) is 4.89 Å². The van der Waals surface area contributed by atoms with Crippen molar-refractivity contribution in [2.45, 2.75) is 141 Å². The number of nitrogens with one attached hydrogen (secondary N) is 1. The lowest BCUT2D eigenvalue weighted by Gasteiger charge is -2.26. The molecule has 1 rings (SSSR count). The molecule has 10 heteroatoms. The number of hydrogen-bond acceptors (Lipinski definition) is 6. The van der Waals surface area contributed by atoms with Gasteiger partial charge in [0.1, 0.15) is 20.1 Å². The van der Waals surface area contributed by atoms with Gasteiger partial charge in [-0.2, -0.15) is 0 Å². The molecule has 2 N–H and O–H groups in total. The first-order valence-electron chi connectivity index (χ1n) is 16.0. The van der Waals surface area contributed by atoms with Crippen LogP contribution in [0, 0.1) is 5.92 Å². The van der Waals surface area contributed by atoms with Gasteiger partial charge in [-0.1, -0.05) is 108 Å². The van der Waals surface area contributed by atoms with Crippen molar-refractivity contribution in [2.75, 3.05) is 27.4 Å². The van der Waals surface area contributed by atoms with Crippen LogP contribution >= 0.6 is 18.9 Å². The van der Waals surface area contributed by atoms with Crippen LogP contribution < -0.4 is 5.32 Å². The third kappa shape index (κ3) is 18.6. The zero-order valence-corrected chi connectivity index (χ0v) is 28.5. The second kappa shape index (κ2) is 24.6. The number of unbranched alkanes of at least 4 members (excludes halogenated alkanes) is 14. The average molecular weight is 620 g/mol. The van der Waals surface area contributed by atoms with E-state index >= 15 is 0 Å². The van der Waals surface area contributed by atoms with Crippen molar-refractivity contribution in [1.29, 1.82) is 0 Å². The molecule has 2 unspecified atom stereocenters. The van der Waals surface area contributed by atoms with Gasteiger partial charge in [-0.25, -0.2) is 0 Å². The second-order valence-electron chi connectivity index (χ2n) is 11.3. The van der Waals surface area contributed by atoms with Crippen molar-refractivity contribution in [2.24, 2.45) is 5.92 Å². The Kier molecular flexibility index (Phi) is 23.4. The molecule has 1 fully saturated rings. The van der Waals surface area contributed by atoms with Crippen LogP contribution in [0.15, 0.2) is 12.2 Å². The zero-order chi connectivity index (χ0) is 29.5. The molecule has 40 heavy (non-hydrogen) atoms. The van der Waals surface area contributed by atoms with Crippen LogP contribution in [0.5, 0.6) is 0 Å². The minimum atomic E-state index is -3.28. The zero-order valence-electron chi connectivity index (χ0n) is 26.0. The van der Waals surface area contributed by atoms with Crippen molar-refractivity contribution in [3.8, 4) is 0 Å². The van der Waals surface area contributed by atoms with Gasteiger partial charge in [0.25, 0.3) is 0 Å². The number of rotatable bonds is 26. The summed E-state index contributed by atoms with van der Waals surface area (Å²) in [5, 5.41) is 3.44. The third-order valence-electron chi connectivity index (χ3n) is 7.80. The number of thiocarbonyl (C=S) groups is 1. The maximum absolute atomic E-state index is 10.2. The molecule has 0 aromatic rings. The summed E-state index contributed by atoms with van der Waals surface area (Å²) in [5.41, 5.74) is 0. The van der Waals surface area contributed by atoms with Gasteiger partial charge >= 0.3 is 6.72 Å². The largest absolute Gasteiger partial charge is 0.382 e. The van der Waals surface area contributed by atoms with E-state index in [-0.39, 0.29) is 24.1 Å². The van der Waals surface area contributed by atoms with Crippen LogP contribution in [0.25, 0.3) is 0 Å². The van der Waals surface area contributed by atoms with Crippen molar-refractivity contribution in [3.05, 3.63) is 12.2 Å². The summed E-state index contributed by atoms with van der Waals surface area (Å²) in [6.45, 7) is 0.344. The topological polar surface area (TPSA) is 69.2 Å². The first-order chi connectivity index (χ1) is 19.3. The van der Waals surface area contributed by atoms with Gasteiger partial charge in [-0.05, 0) is 50.3 Å². The molecule has 234 valence electrons. The van der Waals surface area contributed by atoms with Gasteiger partial charge < -0.3 is 28.7 Å². The fourth-order valence-electron chi connectivity index (χ4n) is 5.34. The molecule has 0 amide bonds. The summed E-state index contributed by atoms with van der Waals surface area (Å²) in [5.74, 6) is 0.0881. The molecule has 1 heterocycles. The Labute approximate surface area is 257 Å². The highest BCUT2D eigenvalue weighted by molar-refractivity contribution is 8.07. The summed E-state index contributed by atoms with van der Waals surface area (Å²) >= 11 is 10.6. The fraction of sp³-hybridized carbons (Fsp3) is 0.900. The third-order valence-corrected chi connectivity index (χ3v) is 9.82. The molecule has 0 bridgehead atoms. The Morgan fingerprint density at radius 1 is 0.925 bits per heavy atom. The smallest absolute Gasteiger partial charge is 0.324 e. The first kappa shape index (κ1) is 38.2. The van der Waals surface area contributed by atoms with Crippen LogP contribution in [-0.2, 0) is 30.3 Å². The van der Waals surface area contributed by atoms with E-state index in [1.165, 1.54) is 90.6 Å². The van der Waals surface area contributed by atoms with Crippen molar-refractivity contribution in [1.82, 2.24) is 5.32 Å². The molecule has 0 aromatic heterocycles. The molecule has 0 spiro atoms. The lowest BCUT2D eigenvalue weighted by Crippen LogP contribution is -2.32. The quantitative estimate of drug-likeness (QED) is 0.0342. The van der Waals surface area contributed by atoms with Crippen LogP contribution in [0.3, 0.4) is 0 Å². The molecule has 0 aromatic carbocycles. The number of allylic oxidation sites excluding steroid dienone is 2. The summed E-state index contributed by atoms with van der Waals surface area (Å²) in [6.07, 6.45) is 26.8. The Morgan fingerprint density at radius 2 is 1.52 bits per heavy atom. The van der Waals surface area contributed by atoms with E-state index in [0.29, 0.717) is 6.61 Å². The first-order valence-corrected chi connectivity index (χ1v) is 19.0. The fourth-order valence-corrected chi connectivity index (χ4v) is 6.57. The number of hydrogen-bond donors (Lipinski definition) is 2. The molecule has 0 aliphatic carbocycles. The average Bonchev–Trinajstić information content (AvgIpc) is 3.21. The Morgan fingerprint density at radius 3 is 2.10 bits per heavy atom. The van der Waals surface area contributed by atoms with Gasteiger partial charge in [0.2, 0.25) is 0 Å². The molecule has 0 radical (unpaired) electrons. The maximum atomic E-state index is 10.2. The van der Waals surface area contributed by atoms with Crippen molar-refractivity contribution >= 4 is 43.6 Å². The predicted molar refractivity (Wildman–Crippen MR) is 179 cm³/mol. The summed E-state index contributed by atoms with van der Waals surface area (Å²) in [6, 6.07) is -0.0122. The minimum absolute atomic E-state index is 0.0122. The van der Waals surface area contributed by atoms with Gasteiger partial charge in [-0.3, -0.25) is 0 Å². The van der Waals surface area contributed by atoms with Gasteiger partial charge in [0.05, 0.1) is 11.6 Å². The standard InChI is InChI=1S/C30H59BNO5PS2/c1-4-5-6-7-8-9-10-11-12-13-14-17-20-23-28(39)32-24-21-18-15-16-19-22-26-29(37-38(33,40)35-3)27(25-34-2)36-30(26)31/h16,19,26-27,29-30H,4-15,17-18,20-25,31H2,1-3H3,(H,32,39)(H,33,40)/b19-16+/t26-,27+,29?,30+,38?/m0/s1. The highest BCUT2D eigenvalue weighted by atomic mass is 32.5. The van der Waals surface area contributed by atoms with E-state index in [0.717, 1.165) is 43.6 Å². The molecule has 1 aliphatic rings. The van der Waals surface area contributed by atoms with Gasteiger partial charge in [0.15, 0.2) is 0 Å². The SMILES string of the molecule is B[C@@H]1O[C@H](COC)C(OP(O)(=S)OC)[C@@H]1C/C=C/CCCCNC(=S)CCCCCCCCCCCCCCC. The van der Waals surface area contributed by atoms with Crippen LogP contribution in [-0.4, -0.2) is 63.3 Å². The van der Waals surface area contributed by atoms with E-state index in [2.05, 4.69) is 24.4 Å². The van der Waals surface area contributed by atoms with E-state index in [1.54, 1.807) is 7.11 Å². The minimum Gasteiger partial charge on any atom is -0.382 e. The van der Waals surface area contributed by atoms with Crippen LogP contribution in [0.2, 0.25) is 0 Å². The normalized spacial score (nSPS) is 22.6. The maximum Gasteiger partial charge on any atom is 0.324 e. The molecule has 1 aliphatic heterocycles. The Hall–Kier alpha value is 0.145. The predicted octanol–water partition coefficient (Wildman–Crippen LogP) is 7.37. The van der Waals surface area contributed by atoms with Crippen LogP contribution in [0.1, 0.15) is 122 Å². The van der Waals surface area contributed by atoms with Crippen molar-refractivity contribution < 1.29 is 23.4 Å². The lowest BCUT2D eigenvalue weighted by molar-refractivity contribution is -0.0146. The highest BCUT2D eigenvalue weighted by Gasteiger charge is 2.44. The monoisotopic (exact) mass is 619 g/mol. The Balaban J connectivity index is 2.05. The lowest BCUT2D eigenvalue weighted by atomic mass is 9.82. The van der Waals surface area contributed by atoms with E-state index in [1.807, 2.05) is 7.85 Å². The number of ether oxygens (including phenoxy) is 2. The van der Waals surface area contributed by atoms with Crippen molar-refractivity contribution in [3.63, 3.8) is 0 Å². The Bertz CT molecular complexity index is 718. The van der Waals surface area contributed by atoms with E-state index in [4.69, 9.17) is 42.5 Å². The molecule has 0 saturated carbocycles. The van der Waals surface area contributed by atoms with Crippen LogP contribution in [0.4, 0.5) is 0 Å².